The van der Waals surface area contributed by atoms with Gasteiger partial charge in [-0.3, -0.25) is 0 Å². The van der Waals surface area contributed by atoms with E-state index in [-0.39, 0.29) is 6.04 Å². The Morgan fingerprint density at radius 3 is 2.62 bits per heavy atom. The summed E-state index contributed by atoms with van der Waals surface area (Å²) in [6, 6.07) is 13.2. The average Bonchev–Trinajstić information content (AvgIpc) is 2.87. The quantitative estimate of drug-likeness (QED) is 0.792. The van der Waals surface area contributed by atoms with Gasteiger partial charge in [0.2, 0.25) is 0 Å². The van der Waals surface area contributed by atoms with E-state index in [1.165, 1.54) is 27.8 Å². The highest BCUT2D eigenvalue weighted by molar-refractivity contribution is 5.55. The fourth-order valence-corrected chi connectivity index (χ4v) is 3.01. The van der Waals surface area contributed by atoms with Crippen LogP contribution in [0.5, 0.6) is 0 Å². The number of likely N-dealkylation sites (N-methyl/N-ethyl adjacent to an activating group) is 1. The Morgan fingerprint density at radius 1 is 1.14 bits per heavy atom. The lowest BCUT2D eigenvalue weighted by molar-refractivity contribution is 0.595. The average molecular weight is 279 g/mol. The van der Waals surface area contributed by atoms with E-state index in [2.05, 4.69) is 54.6 Å². The van der Waals surface area contributed by atoms with Gasteiger partial charge >= 0.3 is 0 Å². The summed E-state index contributed by atoms with van der Waals surface area (Å²) in [5, 5.41) is 7.87. The zero-order valence-electron chi connectivity index (χ0n) is 12.8. The highest BCUT2D eigenvalue weighted by Gasteiger charge is 2.15. The van der Waals surface area contributed by atoms with Crippen LogP contribution in [0.25, 0.3) is 5.52 Å². The molecule has 0 fully saturated rings. The summed E-state index contributed by atoms with van der Waals surface area (Å²) in [7, 11) is 2.01. The van der Waals surface area contributed by atoms with Crippen molar-refractivity contribution in [3.63, 3.8) is 0 Å². The number of aromatic nitrogens is 2. The molecule has 1 aromatic carbocycles. The van der Waals surface area contributed by atoms with Crippen molar-refractivity contribution in [1.29, 1.82) is 0 Å². The third kappa shape index (κ3) is 2.83. The molecule has 2 aromatic heterocycles. The second kappa shape index (κ2) is 5.70. The molecule has 3 aromatic rings. The van der Waals surface area contributed by atoms with Crippen molar-refractivity contribution >= 4 is 5.52 Å². The van der Waals surface area contributed by atoms with E-state index in [9.17, 15) is 0 Å². The molecule has 0 radical (unpaired) electrons. The fraction of sp³-hybridized carbons (Fsp3) is 0.278. The van der Waals surface area contributed by atoms with E-state index in [1.54, 1.807) is 0 Å². The molecule has 0 bridgehead atoms. The standard InChI is InChI=1S/C18H21N3/c1-13-8-14(2)10-15(9-13)11-17(19-3)16-12-20-21-7-5-4-6-18(16)21/h4-10,12,17,19H,11H2,1-3H3. The van der Waals surface area contributed by atoms with Gasteiger partial charge in [-0.05, 0) is 45.0 Å². The summed E-state index contributed by atoms with van der Waals surface area (Å²) in [5.74, 6) is 0. The summed E-state index contributed by atoms with van der Waals surface area (Å²) in [5.41, 5.74) is 6.42. The summed E-state index contributed by atoms with van der Waals surface area (Å²) < 4.78 is 1.93. The highest BCUT2D eigenvalue weighted by Crippen LogP contribution is 2.23. The highest BCUT2D eigenvalue weighted by atomic mass is 15.2. The van der Waals surface area contributed by atoms with Gasteiger partial charge in [-0.15, -0.1) is 0 Å². The van der Waals surface area contributed by atoms with Crippen LogP contribution in [0.3, 0.4) is 0 Å². The molecule has 3 nitrogen and oxygen atoms in total. The number of nitrogens with one attached hydrogen (secondary N) is 1. The molecule has 1 atom stereocenters. The van der Waals surface area contributed by atoms with Crippen LogP contribution in [-0.4, -0.2) is 16.7 Å². The topological polar surface area (TPSA) is 29.3 Å². The molecule has 1 N–H and O–H groups in total. The predicted molar refractivity (Wildman–Crippen MR) is 86.6 cm³/mol. The lowest BCUT2D eigenvalue weighted by Crippen LogP contribution is -2.18. The van der Waals surface area contributed by atoms with E-state index < -0.39 is 0 Å². The van der Waals surface area contributed by atoms with Gasteiger partial charge in [-0.25, -0.2) is 4.52 Å². The maximum atomic E-state index is 4.44. The predicted octanol–water partition coefficient (Wildman–Crippen LogP) is 3.45. The minimum atomic E-state index is 0.270. The molecule has 21 heavy (non-hydrogen) atoms. The van der Waals surface area contributed by atoms with Crippen LogP contribution in [0.4, 0.5) is 0 Å². The molecule has 3 heteroatoms. The number of fused-ring (bicyclic) bond motifs is 1. The molecule has 0 aliphatic heterocycles. The summed E-state index contributed by atoms with van der Waals surface area (Å²) in [4.78, 5) is 0. The number of aryl methyl sites for hydroxylation is 2. The smallest absolute Gasteiger partial charge is 0.0709 e. The van der Waals surface area contributed by atoms with E-state index in [4.69, 9.17) is 0 Å². The zero-order valence-corrected chi connectivity index (χ0v) is 12.8. The first kappa shape index (κ1) is 13.8. The second-order valence-corrected chi connectivity index (χ2v) is 5.67. The minimum Gasteiger partial charge on any atom is -0.313 e. The fourth-order valence-electron chi connectivity index (χ4n) is 3.01. The van der Waals surface area contributed by atoms with Crippen molar-refractivity contribution in [3.8, 4) is 0 Å². The number of pyridine rings is 1. The van der Waals surface area contributed by atoms with Crippen LogP contribution in [0, 0.1) is 13.8 Å². The van der Waals surface area contributed by atoms with Crippen LogP contribution in [-0.2, 0) is 6.42 Å². The Kier molecular flexibility index (Phi) is 3.76. The van der Waals surface area contributed by atoms with E-state index in [0.717, 1.165) is 6.42 Å². The Morgan fingerprint density at radius 2 is 1.90 bits per heavy atom. The molecule has 0 aliphatic rings. The maximum absolute atomic E-state index is 4.44. The number of rotatable bonds is 4. The number of hydrogen-bond donors (Lipinski definition) is 1. The largest absolute Gasteiger partial charge is 0.313 e. The number of nitrogens with zero attached hydrogens (tertiary/aromatic N) is 2. The van der Waals surface area contributed by atoms with Crippen LogP contribution in [0.15, 0.2) is 48.8 Å². The number of benzene rings is 1. The summed E-state index contributed by atoms with van der Waals surface area (Å²) in [6.45, 7) is 4.31. The van der Waals surface area contributed by atoms with E-state index >= 15 is 0 Å². The third-order valence-electron chi connectivity index (χ3n) is 3.90. The van der Waals surface area contributed by atoms with E-state index in [0.29, 0.717) is 0 Å². The van der Waals surface area contributed by atoms with Crippen molar-refractivity contribution in [2.75, 3.05) is 7.05 Å². The van der Waals surface area contributed by atoms with Crippen LogP contribution in [0.1, 0.15) is 28.3 Å². The van der Waals surface area contributed by atoms with Gasteiger partial charge in [0.25, 0.3) is 0 Å². The Balaban J connectivity index is 1.95. The van der Waals surface area contributed by atoms with Gasteiger partial charge < -0.3 is 5.32 Å². The maximum Gasteiger partial charge on any atom is 0.0709 e. The van der Waals surface area contributed by atoms with Crippen molar-refractivity contribution in [2.45, 2.75) is 26.3 Å². The SMILES string of the molecule is CNC(Cc1cc(C)cc(C)c1)c1cnn2ccccc12. The molecule has 2 heterocycles. The Labute approximate surface area is 125 Å². The van der Waals surface area contributed by atoms with Gasteiger partial charge in [-0.1, -0.05) is 35.4 Å². The lowest BCUT2D eigenvalue weighted by Gasteiger charge is -2.16. The molecule has 0 amide bonds. The molecule has 0 aliphatic carbocycles. The van der Waals surface area contributed by atoms with Gasteiger partial charge in [-0.2, -0.15) is 5.10 Å². The first-order chi connectivity index (χ1) is 10.2. The molecule has 0 spiro atoms. The Hall–Kier alpha value is -2.13. The van der Waals surface area contributed by atoms with Gasteiger partial charge in [0.05, 0.1) is 11.7 Å². The normalized spacial score (nSPS) is 12.7. The van der Waals surface area contributed by atoms with Crippen molar-refractivity contribution in [1.82, 2.24) is 14.9 Å². The van der Waals surface area contributed by atoms with Crippen LogP contribution < -0.4 is 5.32 Å². The van der Waals surface area contributed by atoms with Crippen molar-refractivity contribution in [3.05, 3.63) is 71.0 Å². The van der Waals surface area contributed by atoms with Gasteiger partial charge in [0, 0.05) is 17.8 Å². The first-order valence-corrected chi connectivity index (χ1v) is 7.34. The monoisotopic (exact) mass is 279 g/mol. The molecule has 0 saturated heterocycles. The molecule has 108 valence electrons. The molecule has 0 saturated carbocycles. The zero-order chi connectivity index (χ0) is 14.8. The van der Waals surface area contributed by atoms with E-state index in [1.807, 2.05) is 30.0 Å². The lowest BCUT2D eigenvalue weighted by atomic mass is 9.97. The number of hydrogen-bond acceptors (Lipinski definition) is 2. The molecular formula is C18H21N3. The molecular weight excluding hydrogens is 258 g/mol. The summed E-state index contributed by atoms with van der Waals surface area (Å²) in [6.07, 6.45) is 4.93. The van der Waals surface area contributed by atoms with Crippen molar-refractivity contribution < 1.29 is 0 Å². The minimum absolute atomic E-state index is 0.270. The van der Waals surface area contributed by atoms with Crippen molar-refractivity contribution in [2.24, 2.45) is 0 Å². The van der Waals surface area contributed by atoms with Crippen LogP contribution >= 0.6 is 0 Å². The molecule has 3 rings (SSSR count). The molecule has 1 unspecified atom stereocenters. The van der Waals surface area contributed by atoms with Gasteiger partial charge in [0.1, 0.15) is 0 Å². The third-order valence-corrected chi connectivity index (χ3v) is 3.90. The van der Waals surface area contributed by atoms with Gasteiger partial charge in [0.15, 0.2) is 0 Å². The first-order valence-electron chi connectivity index (χ1n) is 7.34. The second-order valence-electron chi connectivity index (χ2n) is 5.67. The van der Waals surface area contributed by atoms with Crippen LogP contribution in [0.2, 0.25) is 0 Å². The summed E-state index contributed by atoms with van der Waals surface area (Å²) >= 11 is 0. The Bertz CT molecular complexity index is 738.